The van der Waals surface area contributed by atoms with Crippen LogP contribution in [0.15, 0.2) is 46.9 Å². The highest BCUT2D eigenvalue weighted by molar-refractivity contribution is 9.10. The first-order valence-corrected chi connectivity index (χ1v) is 8.60. The molecule has 0 atom stereocenters. The maximum atomic E-state index is 12.3. The van der Waals surface area contributed by atoms with Gasteiger partial charge >= 0.3 is 0 Å². The number of hydrogen-bond donors (Lipinski definition) is 3. The van der Waals surface area contributed by atoms with Gasteiger partial charge in [0.15, 0.2) is 0 Å². The Balaban J connectivity index is 2.02. The number of hydrazine groups is 1. The van der Waals surface area contributed by atoms with Crippen LogP contribution in [0.5, 0.6) is 5.75 Å². The number of halogens is 1. The van der Waals surface area contributed by atoms with Crippen LogP contribution in [0.25, 0.3) is 0 Å². The second-order valence-electron chi connectivity index (χ2n) is 5.24. The largest absolute Gasteiger partial charge is 0.493 e. The summed E-state index contributed by atoms with van der Waals surface area (Å²) < 4.78 is 6.13. The fraction of sp³-hybridized carbons (Fsp3) is 0.167. The van der Waals surface area contributed by atoms with E-state index in [-0.39, 0.29) is 5.91 Å². The average molecular weight is 420 g/mol. The number of benzene rings is 2. The molecular formula is C18H18BrN3O4. The van der Waals surface area contributed by atoms with Crippen LogP contribution in [0.3, 0.4) is 0 Å². The van der Waals surface area contributed by atoms with E-state index in [0.717, 1.165) is 0 Å². The van der Waals surface area contributed by atoms with Crippen molar-refractivity contribution in [3.63, 3.8) is 0 Å². The van der Waals surface area contributed by atoms with Crippen molar-refractivity contribution in [3.8, 4) is 5.75 Å². The van der Waals surface area contributed by atoms with Crippen molar-refractivity contribution in [1.29, 1.82) is 0 Å². The number of nitrogens with one attached hydrogen (secondary N) is 3. The summed E-state index contributed by atoms with van der Waals surface area (Å²) in [5.74, 6) is -0.769. The highest BCUT2D eigenvalue weighted by atomic mass is 79.9. The Labute approximate surface area is 159 Å². The number of amides is 3. The second kappa shape index (κ2) is 9.00. The lowest BCUT2D eigenvalue weighted by Gasteiger charge is -2.12. The van der Waals surface area contributed by atoms with Crippen LogP contribution in [-0.4, -0.2) is 24.3 Å². The van der Waals surface area contributed by atoms with Gasteiger partial charge in [-0.05, 0) is 49.4 Å². The monoisotopic (exact) mass is 419 g/mol. The Bertz CT molecular complexity index is 822. The normalized spacial score (nSPS) is 9.96. The van der Waals surface area contributed by atoms with E-state index in [2.05, 4.69) is 32.1 Å². The Morgan fingerprint density at radius 2 is 1.65 bits per heavy atom. The predicted octanol–water partition coefficient (Wildman–Crippen LogP) is 2.88. The molecule has 0 saturated heterocycles. The van der Waals surface area contributed by atoms with Gasteiger partial charge in [0.05, 0.1) is 12.2 Å². The molecular weight excluding hydrogens is 402 g/mol. The minimum atomic E-state index is -0.502. The second-order valence-corrected chi connectivity index (χ2v) is 6.16. The fourth-order valence-electron chi connectivity index (χ4n) is 2.12. The lowest BCUT2D eigenvalue weighted by molar-refractivity contribution is -0.114. The maximum absolute atomic E-state index is 12.3. The molecule has 0 bridgehead atoms. The lowest BCUT2D eigenvalue weighted by Crippen LogP contribution is -2.41. The summed E-state index contributed by atoms with van der Waals surface area (Å²) in [6.07, 6.45) is 0. The van der Waals surface area contributed by atoms with Crippen LogP contribution >= 0.6 is 15.9 Å². The van der Waals surface area contributed by atoms with Crippen molar-refractivity contribution in [1.82, 2.24) is 10.9 Å². The fourth-order valence-corrected chi connectivity index (χ4v) is 2.48. The van der Waals surface area contributed by atoms with Crippen LogP contribution in [0.2, 0.25) is 0 Å². The SMILES string of the molecule is CCOc1ccc(Br)cc1C(=O)NNC(=O)c1ccc(NC(C)=O)cc1. The standard InChI is InChI=1S/C18H18BrN3O4/c1-3-26-16-9-6-13(19)10-15(16)18(25)22-21-17(24)12-4-7-14(8-5-12)20-11(2)23/h4-10H,3H2,1-2H3,(H,20,23)(H,21,24)(H,22,25). The van der Waals surface area contributed by atoms with E-state index in [9.17, 15) is 14.4 Å². The van der Waals surface area contributed by atoms with Gasteiger partial charge in [-0.25, -0.2) is 0 Å². The van der Waals surface area contributed by atoms with E-state index in [1.165, 1.54) is 19.1 Å². The number of carbonyl (C=O) groups is 3. The maximum Gasteiger partial charge on any atom is 0.273 e. The summed E-state index contributed by atoms with van der Waals surface area (Å²) in [7, 11) is 0. The highest BCUT2D eigenvalue weighted by Crippen LogP contribution is 2.23. The van der Waals surface area contributed by atoms with E-state index in [1.807, 2.05) is 6.92 Å². The van der Waals surface area contributed by atoms with Crippen molar-refractivity contribution < 1.29 is 19.1 Å². The van der Waals surface area contributed by atoms with Crippen molar-refractivity contribution in [3.05, 3.63) is 58.1 Å². The van der Waals surface area contributed by atoms with E-state index in [1.54, 1.807) is 30.3 Å². The van der Waals surface area contributed by atoms with Gasteiger partial charge in [-0.15, -0.1) is 0 Å². The van der Waals surface area contributed by atoms with Crippen molar-refractivity contribution >= 4 is 39.3 Å². The molecule has 0 heterocycles. The van der Waals surface area contributed by atoms with Gasteiger partial charge in [-0.2, -0.15) is 0 Å². The summed E-state index contributed by atoms with van der Waals surface area (Å²) in [5, 5.41) is 2.61. The van der Waals surface area contributed by atoms with E-state index >= 15 is 0 Å². The third-order valence-corrected chi connectivity index (χ3v) is 3.74. The Hall–Kier alpha value is -2.87. The number of rotatable bonds is 5. The molecule has 7 nitrogen and oxygen atoms in total. The van der Waals surface area contributed by atoms with E-state index in [0.29, 0.717) is 33.6 Å². The summed E-state index contributed by atoms with van der Waals surface area (Å²) in [6, 6.07) is 11.3. The summed E-state index contributed by atoms with van der Waals surface area (Å²) in [5.41, 5.74) is 5.91. The molecule has 0 unspecified atom stereocenters. The molecule has 0 radical (unpaired) electrons. The van der Waals surface area contributed by atoms with Gasteiger partial charge < -0.3 is 10.1 Å². The van der Waals surface area contributed by atoms with Crippen molar-refractivity contribution in [2.24, 2.45) is 0 Å². The van der Waals surface area contributed by atoms with Gasteiger partial charge in [0.1, 0.15) is 5.75 Å². The van der Waals surface area contributed by atoms with Crippen LogP contribution in [0.4, 0.5) is 5.69 Å². The molecule has 0 spiro atoms. The topological polar surface area (TPSA) is 96.5 Å². The Morgan fingerprint density at radius 1 is 1.00 bits per heavy atom. The zero-order valence-corrected chi connectivity index (χ0v) is 15.8. The number of ether oxygens (including phenoxy) is 1. The van der Waals surface area contributed by atoms with Gasteiger partial charge in [0.2, 0.25) is 5.91 Å². The molecule has 0 aliphatic rings. The predicted molar refractivity (Wildman–Crippen MR) is 101 cm³/mol. The number of anilines is 1. The van der Waals surface area contributed by atoms with Gasteiger partial charge in [-0.1, -0.05) is 15.9 Å². The number of hydrogen-bond acceptors (Lipinski definition) is 4. The lowest BCUT2D eigenvalue weighted by atomic mass is 10.2. The van der Waals surface area contributed by atoms with Gasteiger partial charge in [0, 0.05) is 22.6 Å². The zero-order valence-electron chi connectivity index (χ0n) is 14.3. The zero-order chi connectivity index (χ0) is 19.1. The molecule has 26 heavy (non-hydrogen) atoms. The first-order chi connectivity index (χ1) is 12.4. The molecule has 0 aromatic heterocycles. The Kier molecular flexibility index (Phi) is 6.74. The minimum absolute atomic E-state index is 0.200. The van der Waals surface area contributed by atoms with Crippen molar-refractivity contribution in [2.45, 2.75) is 13.8 Å². The molecule has 2 aromatic carbocycles. The van der Waals surface area contributed by atoms with Gasteiger partial charge in [-0.3, -0.25) is 25.2 Å². The van der Waals surface area contributed by atoms with Gasteiger partial charge in [0.25, 0.3) is 11.8 Å². The average Bonchev–Trinajstić information content (AvgIpc) is 2.61. The molecule has 8 heteroatoms. The quantitative estimate of drug-likeness (QED) is 0.649. The minimum Gasteiger partial charge on any atom is -0.493 e. The van der Waals surface area contributed by atoms with E-state index in [4.69, 9.17) is 4.74 Å². The first kappa shape index (κ1) is 19.5. The third kappa shape index (κ3) is 5.32. The van der Waals surface area contributed by atoms with Crippen LogP contribution < -0.4 is 20.9 Å². The summed E-state index contributed by atoms with van der Waals surface area (Å²) in [6.45, 7) is 3.62. The smallest absolute Gasteiger partial charge is 0.273 e. The number of carbonyl (C=O) groups excluding carboxylic acids is 3. The molecule has 2 rings (SSSR count). The molecule has 0 fully saturated rings. The highest BCUT2D eigenvalue weighted by Gasteiger charge is 2.14. The van der Waals surface area contributed by atoms with Crippen LogP contribution in [0, 0.1) is 0 Å². The molecule has 3 amide bonds. The van der Waals surface area contributed by atoms with Crippen LogP contribution in [-0.2, 0) is 4.79 Å². The Morgan fingerprint density at radius 3 is 2.27 bits per heavy atom. The molecule has 0 aliphatic heterocycles. The first-order valence-electron chi connectivity index (χ1n) is 7.81. The molecule has 3 N–H and O–H groups in total. The van der Waals surface area contributed by atoms with E-state index < -0.39 is 11.8 Å². The summed E-state index contributed by atoms with van der Waals surface area (Å²) in [4.78, 5) is 35.5. The van der Waals surface area contributed by atoms with Crippen molar-refractivity contribution in [2.75, 3.05) is 11.9 Å². The molecule has 136 valence electrons. The van der Waals surface area contributed by atoms with Crippen LogP contribution in [0.1, 0.15) is 34.6 Å². The molecule has 0 saturated carbocycles. The third-order valence-electron chi connectivity index (χ3n) is 3.24. The molecule has 2 aromatic rings. The summed E-state index contributed by atoms with van der Waals surface area (Å²) >= 11 is 3.30. The molecule has 0 aliphatic carbocycles.